The third-order valence-electron chi connectivity index (χ3n) is 4.76. The van der Waals surface area contributed by atoms with Gasteiger partial charge in [0.05, 0.1) is 17.3 Å². The SMILES string of the molecule is CCN(CC)CCNC(=O)C1=C2NC3C=IC=CC3C=C2CC=C1.Cl.Cl. The minimum Gasteiger partial charge on any atom is -0.377 e. The smallest absolute Gasteiger partial charge is 0.253 e. The molecule has 0 saturated heterocycles. The highest BCUT2D eigenvalue weighted by atomic mass is 127. The summed E-state index contributed by atoms with van der Waals surface area (Å²) < 4.78 is 4.73. The van der Waals surface area contributed by atoms with Gasteiger partial charge in [0.2, 0.25) is 0 Å². The first-order valence-corrected chi connectivity index (χ1v) is 11.2. The zero-order valence-corrected chi connectivity index (χ0v) is 19.0. The standard InChI is InChI=1S/C19H26IN3O.2ClH/c1-3-23(4-2)11-10-21-19(24)16-7-5-6-15-12-14-8-9-20-13-17(14)22-18(15)16;;/h5,7-9,12-14,17,22H,3-4,6,10-11H2,1-2H3,(H,21,24);2*1H. The molecule has 0 aromatic carbocycles. The zero-order valence-electron chi connectivity index (χ0n) is 15.2. The number of rotatable bonds is 6. The van der Waals surface area contributed by atoms with Crippen molar-refractivity contribution in [3.8, 4) is 0 Å². The van der Waals surface area contributed by atoms with E-state index in [-0.39, 0.29) is 51.5 Å². The Morgan fingerprint density at radius 1 is 1.35 bits per heavy atom. The van der Waals surface area contributed by atoms with Crippen molar-refractivity contribution in [3.63, 3.8) is 0 Å². The molecule has 1 amide bonds. The summed E-state index contributed by atoms with van der Waals surface area (Å²) in [6, 6.07) is 0.353. The van der Waals surface area contributed by atoms with Gasteiger partial charge < -0.3 is 15.5 Å². The van der Waals surface area contributed by atoms with Crippen LogP contribution >= 0.6 is 45.5 Å². The molecule has 0 bridgehead atoms. The van der Waals surface area contributed by atoms with Gasteiger partial charge in [-0.25, -0.2) is 0 Å². The van der Waals surface area contributed by atoms with Gasteiger partial charge in [0.25, 0.3) is 5.91 Å². The highest BCUT2D eigenvalue weighted by Crippen LogP contribution is 2.32. The van der Waals surface area contributed by atoms with Crippen LogP contribution in [0.15, 0.2) is 45.2 Å². The lowest BCUT2D eigenvalue weighted by Gasteiger charge is -2.33. The molecule has 146 valence electrons. The van der Waals surface area contributed by atoms with Crippen LogP contribution < -0.4 is 10.6 Å². The van der Waals surface area contributed by atoms with E-state index in [1.165, 1.54) is 5.57 Å². The fourth-order valence-corrected chi connectivity index (χ4v) is 5.34. The number of likely N-dealkylation sites (N-methyl/N-ethyl adjacent to an activating group) is 1. The molecule has 1 aliphatic carbocycles. The van der Waals surface area contributed by atoms with Crippen molar-refractivity contribution in [3.05, 3.63) is 45.2 Å². The fourth-order valence-electron chi connectivity index (χ4n) is 3.27. The van der Waals surface area contributed by atoms with Crippen LogP contribution in [0.5, 0.6) is 0 Å². The molecular weight excluding hydrogens is 484 g/mol. The molecule has 4 nitrogen and oxygen atoms in total. The molecule has 0 aromatic heterocycles. The fraction of sp³-hybridized carbons (Fsp3) is 0.474. The van der Waals surface area contributed by atoms with E-state index < -0.39 is 0 Å². The van der Waals surface area contributed by atoms with Crippen molar-refractivity contribution >= 4 is 55.5 Å². The number of hydrogen-bond acceptors (Lipinski definition) is 3. The first kappa shape index (κ1) is 23.4. The molecule has 2 atom stereocenters. The second-order valence-electron chi connectivity index (χ2n) is 6.19. The monoisotopic (exact) mass is 511 g/mol. The molecule has 0 aromatic rings. The van der Waals surface area contributed by atoms with Crippen LogP contribution in [0.3, 0.4) is 0 Å². The van der Waals surface area contributed by atoms with Gasteiger partial charge in [-0.3, -0.25) is 4.79 Å². The van der Waals surface area contributed by atoms with E-state index in [9.17, 15) is 4.79 Å². The Labute approximate surface area is 178 Å². The minimum atomic E-state index is 0. The summed E-state index contributed by atoms with van der Waals surface area (Å²) in [6.45, 7) is 7.92. The molecule has 0 spiro atoms. The van der Waals surface area contributed by atoms with Crippen LogP contribution in [0, 0.1) is 5.92 Å². The lowest BCUT2D eigenvalue weighted by atomic mass is 9.86. The van der Waals surface area contributed by atoms with E-state index in [0.717, 1.165) is 37.3 Å². The van der Waals surface area contributed by atoms with Gasteiger partial charge in [0.15, 0.2) is 0 Å². The van der Waals surface area contributed by atoms with Crippen LogP contribution in [0.25, 0.3) is 0 Å². The number of amides is 1. The van der Waals surface area contributed by atoms with Gasteiger partial charge in [-0.1, -0.05) is 58.9 Å². The average molecular weight is 512 g/mol. The van der Waals surface area contributed by atoms with Gasteiger partial charge in [0, 0.05) is 19.0 Å². The Bertz CT molecular complexity index is 651. The second kappa shape index (κ2) is 11.3. The van der Waals surface area contributed by atoms with E-state index in [1.807, 2.05) is 6.08 Å². The Kier molecular flexibility index (Phi) is 10.1. The van der Waals surface area contributed by atoms with Crippen molar-refractivity contribution in [2.45, 2.75) is 26.3 Å². The predicted molar refractivity (Wildman–Crippen MR) is 124 cm³/mol. The van der Waals surface area contributed by atoms with Crippen LogP contribution in [-0.2, 0) is 4.79 Å². The quantitative estimate of drug-likeness (QED) is 0.538. The van der Waals surface area contributed by atoms with Crippen molar-refractivity contribution < 1.29 is 4.79 Å². The minimum absolute atomic E-state index is 0. The lowest BCUT2D eigenvalue weighted by Crippen LogP contribution is -2.42. The number of nitrogens with one attached hydrogen (secondary N) is 2. The first-order chi connectivity index (χ1) is 11.7. The molecule has 2 aliphatic heterocycles. The van der Waals surface area contributed by atoms with Crippen LogP contribution in [0.1, 0.15) is 20.3 Å². The topological polar surface area (TPSA) is 44.4 Å². The molecule has 0 saturated carbocycles. The molecule has 7 heteroatoms. The summed E-state index contributed by atoms with van der Waals surface area (Å²) in [5.74, 6) is 0.474. The molecule has 0 radical (unpaired) electrons. The number of allylic oxidation sites excluding steroid dienone is 2. The van der Waals surface area contributed by atoms with E-state index in [1.54, 1.807) is 0 Å². The summed E-state index contributed by atoms with van der Waals surface area (Å²) in [6.07, 6.45) is 9.63. The maximum Gasteiger partial charge on any atom is 0.253 e. The summed E-state index contributed by atoms with van der Waals surface area (Å²) >= 11 is 0.0472. The molecular formula is C19H28Cl2IN3O. The van der Waals surface area contributed by atoms with Gasteiger partial charge in [-0.15, -0.1) is 24.8 Å². The molecule has 0 fully saturated rings. The Hall–Kier alpha value is -0.630. The summed E-state index contributed by atoms with van der Waals surface area (Å²) in [4.78, 5) is 15.0. The first-order valence-electron chi connectivity index (χ1n) is 8.73. The maximum absolute atomic E-state index is 12.6. The van der Waals surface area contributed by atoms with Gasteiger partial charge >= 0.3 is 0 Å². The van der Waals surface area contributed by atoms with Crippen LogP contribution in [-0.4, -0.2) is 47.0 Å². The summed E-state index contributed by atoms with van der Waals surface area (Å²) in [7, 11) is 0. The normalized spacial score (nSPS) is 22.8. The second-order valence-corrected chi connectivity index (χ2v) is 8.35. The molecule has 2 unspecified atom stereocenters. The molecule has 2 heterocycles. The van der Waals surface area contributed by atoms with Crippen molar-refractivity contribution in [2.24, 2.45) is 5.92 Å². The Balaban J connectivity index is 0.00000169. The largest absolute Gasteiger partial charge is 0.377 e. The number of carbonyl (C=O) groups is 1. The average Bonchev–Trinajstić information content (AvgIpc) is 2.63. The third kappa shape index (κ3) is 5.44. The highest BCUT2D eigenvalue weighted by Gasteiger charge is 2.29. The molecule has 2 N–H and O–H groups in total. The maximum atomic E-state index is 12.6. The van der Waals surface area contributed by atoms with Gasteiger partial charge in [-0.05, 0) is 33.2 Å². The number of hydrogen-bond donors (Lipinski definition) is 2. The van der Waals surface area contributed by atoms with Crippen LogP contribution in [0.2, 0.25) is 0 Å². The zero-order chi connectivity index (χ0) is 16.9. The van der Waals surface area contributed by atoms with E-state index in [0.29, 0.717) is 18.5 Å². The van der Waals surface area contributed by atoms with Crippen molar-refractivity contribution in [2.75, 3.05) is 26.2 Å². The summed E-state index contributed by atoms with van der Waals surface area (Å²) in [5, 5.41) is 6.70. The van der Waals surface area contributed by atoms with Crippen molar-refractivity contribution in [1.29, 1.82) is 0 Å². The van der Waals surface area contributed by atoms with Gasteiger partial charge in [-0.2, -0.15) is 0 Å². The Morgan fingerprint density at radius 2 is 2.12 bits per heavy atom. The predicted octanol–water partition coefficient (Wildman–Crippen LogP) is 3.32. The van der Waals surface area contributed by atoms with E-state index >= 15 is 0 Å². The van der Waals surface area contributed by atoms with E-state index in [4.69, 9.17) is 0 Å². The van der Waals surface area contributed by atoms with E-state index in [2.05, 4.69) is 55.7 Å². The molecule has 3 aliphatic rings. The number of halogens is 3. The summed E-state index contributed by atoms with van der Waals surface area (Å²) in [5.41, 5.74) is 3.08. The van der Waals surface area contributed by atoms with Crippen LogP contribution in [0.4, 0.5) is 0 Å². The number of fused-ring (bicyclic) bond motifs is 2. The van der Waals surface area contributed by atoms with Crippen molar-refractivity contribution in [1.82, 2.24) is 15.5 Å². The third-order valence-corrected chi connectivity index (χ3v) is 6.78. The number of carbonyl (C=O) groups excluding carboxylic acids is 1. The van der Waals surface area contributed by atoms with Gasteiger partial charge in [0.1, 0.15) is 0 Å². The molecule has 3 rings (SSSR count). The Morgan fingerprint density at radius 3 is 2.85 bits per heavy atom. The molecule has 26 heavy (non-hydrogen) atoms. The number of nitrogens with zero attached hydrogens (tertiary/aromatic N) is 1. The highest BCUT2D eigenvalue weighted by molar-refractivity contribution is 14.2. The lowest BCUT2D eigenvalue weighted by molar-refractivity contribution is -0.117.